The van der Waals surface area contributed by atoms with Crippen LogP contribution in [0.25, 0.3) is 0 Å². The van der Waals surface area contributed by atoms with E-state index in [1.165, 1.54) is 18.4 Å². The van der Waals surface area contributed by atoms with E-state index >= 15 is 0 Å². The van der Waals surface area contributed by atoms with Crippen LogP contribution < -0.4 is 11.1 Å². The molecule has 0 unspecified atom stereocenters. The van der Waals surface area contributed by atoms with Crippen molar-refractivity contribution in [1.82, 2.24) is 15.1 Å². The molecule has 20 heteroatoms. The lowest BCUT2D eigenvalue weighted by Gasteiger charge is -2.64. The van der Waals surface area contributed by atoms with Crippen LogP contribution in [-0.4, -0.2) is 133 Å². The van der Waals surface area contributed by atoms with Crippen LogP contribution in [0.4, 0.5) is 19.2 Å². The molecule has 2 aromatic carbocycles. The fraction of sp³-hybridized carbons (Fsp3) is 0.724. The SMILES string of the molecule is CC(C)(C)OC(=O)N1CCC[C@@H]1COC(=O)Cl.CC(C)(C)OC(=O)N1CCC[C@@H]1COC(=O)N[C@@H](Cc1ccccc1)B1O[C@@H]2C[C@@H]3C[C@@H](C3(C)C)[C@]2(C)O1.CC1(C)[C@@H]2C[C@H]3OB([C@@H](N)Cc4ccccc4)O[C@@]3(C)[C@H]1C2.Cl. The van der Waals surface area contributed by atoms with E-state index < -0.39 is 35.8 Å². The fourth-order valence-corrected chi connectivity index (χ4v) is 13.9. The quantitative estimate of drug-likeness (QED) is 0.123. The monoisotopic (exact) mass is 1120 g/mol. The van der Waals surface area contributed by atoms with E-state index in [2.05, 4.69) is 71.1 Å². The molecule has 6 saturated carbocycles. The van der Waals surface area contributed by atoms with E-state index in [9.17, 15) is 19.2 Å². The number of alkyl carbamates (subject to hydrolysis) is 1. The van der Waals surface area contributed by atoms with Crippen molar-refractivity contribution in [2.24, 2.45) is 40.2 Å². The summed E-state index contributed by atoms with van der Waals surface area (Å²) in [6.45, 7) is 26.3. The third-order valence-electron chi connectivity index (χ3n) is 18.3. The van der Waals surface area contributed by atoms with E-state index in [0.717, 1.165) is 56.4 Å². The first-order chi connectivity index (χ1) is 36.1. The Morgan fingerprint density at radius 3 is 1.53 bits per heavy atom. The highest BCUT2D eigenvalue weighted by Crippen LogP contribution is 2.67. The van der Waals surface area contributed by atoms with Gasteiger partial charge in [-0.2, -0.15) is 0 Å². The lowest BCUT2D eigenvalue weighted by Crippen LogP contribution is -2.65. The van der Waals surface area contributed by atoms with Crippen LogP contribution >= 0.6 is 24.0 Å². The Labute approximate surface area is 475 Å². The molecule has 4 heterocycles. The Balaban J connectivity index is 0.000000186. The maximum absolute atomic E-state index is 13.1. The number of rotatable bonds is 11. The van der Waals surface area contributed by atoms with Crippen LogP contribution in [0.1, 0.15) is 146 Å². The topological polar surface area (TPSA) is 187 Å². The molecule has 6 aliphatic carbocycles. The minimum absolute atomic E-state index is 0. The lowest BCUT2D eigenvalue weighted by molar-refractivity contribution is -0.199. The summed E-state index contributed by atoms with van der Waals surface area (Å²) in [5.74, 6) is 1.95. The van der Waals surface area contributed by atoms with Crippen LogP contribution in [0.5, 0.6) is 0 Å². The summed E-state index contributed by atoms with van der Waals surface area (Å²) < 4.78 is 47.1. The van der Waals surface area contributed by atoms with Crippen molar-refractivity contribution >= 4 is 62.0 Å². The van der Waals surface area contributed by atoms with Crippen molar-refractivity contribution in [2.75, 3.05) is 26.3 Å². The molecular formula is C58H88B2Cl2N4O12. The smallest absolute Gasteiger partial charge is 0.451 e. The van der Waals surface area contributed by atoms with E-state index in [1.807, 2.05) is 77.9 Å². The first-order valence-corrected chi connectivity index (χ1v) is 28.7. The van der Waals surface area contributed by atoms with Gasteiger partial charge in [-0.05, 0) is 165 Å². The maximum atomic E-state index is 13.1. The van der Waals surface area contributed by atoms with Crippen LogP contribution in [-0.2, 0) is 50.4 Å². The number of likely N-dealkylation sites (tertiary alicyclic amines) is 2. The molecule has 10 fully saturated rings. The maximum Gasteiger partial charge on any atom is 0.482 e. The molecular weight excluding hydrogens is 1040 g/mol. The highest BCUT2D eigenvalue weighted by molar-refractivity contribution is 6.61. The minimum Gasteiger partial charge on any atom is -0.451 e. The Morgan fingerprint density at radius 2 is 1.09 bits per heavy atom. The van der Waals surface area contributed by atoms with E-state index in [-0.39, 0.29) is 91.8 Å². The number of hydrogen-bond donors (Lipinski definition) is 2. The highest BCUT2D eigenvalue weighted by atomic mass is 35.5. The van der Waals surface area contributed by atoms with Crippen molar-refractivity contribution in [3.05, 3.63) is 71.8 Å². The second-order valence-electron chi connectivity index (χ2n) is 26.6. The summed E-state index contributed by atoms with van der Waals surface area (Å²) >= 11 is 5.09. The molecule has 10 aliphatic rings. The van der Waals surface area contributed by atoms with Crippen molar-refractivity contribution in [2.45, 2.75) is 206 Å². The molecule has 0 aromatic heterocycles. The van der Waals surface area contributed by atoms with Gasteiger partial charge in [0.1, 0.15) is 24.4 Å². The van der Waals surface area contributed by atoms with Crippen molar-refractivity contribution < 1.29 is 56.7 Å². The van der Waals surface area contributed by atoms with Crippen molar-refractivity contribution in [3.63, 3.8) is 0 Å². The zero-order valence-corrected chi connectivity index (χ0v) is 49.8. The Bertz CT molecular complexity index is 2380. The number of nitrogens with two attached hydrogens (primary N) is 1. The standard InChI is InChI=1S/C29H43BN2O6.C18H26BNO2.C11H18ClNO4.ClH/c1-27(2,3)36-26(34)32-14-10-13-21(32)18-35-25(33)31-24(15-19-11-8-7-9-12-19)30-37-23-17-20-16-22(28(20,4)5)29(23,6)38-30;1-17(2)13-10-14(17)18(3)15(11-13)21-19(22-18)16(20)9-12-7-5-4-6-8-12;1-11(2,3)17-10(15)13-6-4-5-8(13)7-16-9(12)14;/h7-9,11-12,20-24H,10,13-18H2,1-6H3,(H,31,33);4-8,13-16H,9-11,20H2,1-3H3;8H,4-7H2,1-3H3;1H/t20-,21+,22-,23+,24-,29-;13-,14-,15+,16-,18-;8-;/m001./s1. The van der Waals surface area contributed by atoms with Gasteiger partial charge in [-0.25, -0.2) is 19.2 Å². The predicted octanol–water partition coefficient (Wildman–Crippen LogP) is 11.0. The van der Waals surface area contributed by atoms with Gasteiger partial charge in [0, 0.05) is 30.6 Å². The van der Waals surface area contributed by atoms with Crippen LogP contribution in [0.3, 0.4) is 0 Å². The number of carbonyl (C=O) groups is 4. The zero-order valence-electron chi connectivity index (χ0n) is 48.3. The number of halogens is 2. The zero-order chi connectivity index (χ0) is 55.9. The molecule has 0 spiro atoms. The average Bonchev–Trinajstić information content (AvgIpc) is 4.17. The molecule has 16 nitrogen and oxygen atoms in total. The average molecular weight is 1130 g/mol. The molecule has 432 valence electrons. The Kier molecular flexibility index (Phi) is 19.3. The van der Waals surface area contributed by atoms with Gasteiger partial charge < -0.3 is 58.4 Å². The largest absolute Gasteiger partial charge is 0.482 e. The first kappa shape index (κ1) is 61.8. The molecule has 12 atom stereocenters. The highest BCUT2D eigenvalue weighted by Gasteiger charge is 2.70. The second kappa shape index (κ2) is 24.4. The third-order valence-corrected chi connectivity index (χ3v) is 18.4. The lowest BCUT2D eigenvalue weighted by atomic mass is 9.43. The molecule has 3 amide bonds. The van der Waals surface area contributed by atoms with Crippen molar-refractivity contribution in [3.8, 4) is 0 Å². The number of nitrogens with one attached hydrogen (secondary N) is 1. The summed E-state index contributed by atoms with van der Waals surface area (Å²) in [6, 6.07) is 20.1. The molecule has 4 bridgehead atoms. The van der Waals surface area contributed by atoms with Crippen LogP contribution in [0.15, 0.2) is 60.7 Å². The van der Waals surface area contributed by atoms with Crippen LogP contribution in [0.2, 0.25) is 0 Å². The Hall–Kier alpha value is -3.77. The first-order valence-electron chi connectivity index (χ1n) is 28.3. The molecule has 2 aromatic rings. The minimum atomic E-state index is -0.846. The van der Waals surface area contributed by atoms with Gasteiger partial charge in [-0.15, -0.1) is 12.4 Å². The number of carbonyl (C=O) groups excluding carboxylic acids is 4. The molecule has 78 heavy (non-hydrogen) atoms. The van der Waals surface area contributed by atoms with E-state index in [0.29, 0.717) is 42.7 Å². The summed E-state index contributed by atoms with van der Waals surface area (Å²) in [5.41, 5.74) is 6.90. The van der Waals surface area contributed by atoms with Gasteiger partial charge in [0.25, 0.3) is 0 Å². The fourth-order valence-electron chi connectivity index (χ4n) is 13.9. The summed E-state index contributed by atoms with van der Waals surface area (Å²) in [5, 5.41) is 3.04. The Morgan fingerprint density at radius 1 is 0.667 bits per heavy atom. The second-order valence-corrected chi connectivity index (χ2v) is 26.9. The van der Waals surface area contributed by atoms with Gasteiger partial charge in [0.05, 0.1) is 41.4 Å². The molecule has 0 radical (unpaired) electrons. The molecule has 3 N–H and O–H groups in total. The van der Waals surface area contributed by atoms with Crippen LogP contribution in [0, 0.1) is 34.5 Å². The van der Waals surface area contributed by atoms with Crippen molar-refractivity contribution in [1.29, 1.82) is 0 Å². The normalized spacial score (nSPS) is 31.4. The number of ether oxygens (including phenoxy) is 4. The number of amides is 3. The molecule has 12 rings (SSSR count). The van der Waals surface area contributed by atoms with E-state index in [1.54, 1.807) is 9.80 Å². The van der Waals surface area contributed by atoms with E-state index in [4.69, 9.17) is 54.9 Å². The molecule has 4 saturated heterocycles. The number of nitrogens with zero attached hydrogens (tertiary/aromatic N) is 2. The molecule has 4 aliphatic heterocycles. The summed E-state index contributed by atoms with van der Waals surface area (Å²) in [7, 11) is -0.831. The van der Waals surface area contributed by atoms with Gasteiger partial charge in [0.2, 0.25) is 0 Å². The van der Waals surface area contributed by atoms with Gasteiger partial charge in [-0.1, -0.05) is 88.4 Å². The summed E-state index contributed by atoms with van der Waals surface area (Å²) in [6.07, 6.45) is 8.20. The van der Waals surface area contributed by atoms with Gasteiger partial charge in [0.15, 0.2) is 0 Å². The van der Waals surface area contributed by atoms with Gasteiger partial charge in [-0.3, -0.25) is 0 Å². The number of benzene rings is 2. The summed E-state index contributed by atoms with van der Waals surface area (Å²) in [4.78, 5) is 51.3. The third kappa shape index (κ3) is 13.9. The van der Waals surface area contributed by atoms with Gasteiger partial charge >= 0.3 is 37.9 Å². The predicted molar refractivity (Wildman–Crippen MR) is 303 cm³/mol. The number of hydrogen-bond acceptors (Lipinski definition) is 13.